The van der Waals surface area contributed by atoms with E-state index in [4.69, 9.17) is 0 Å². The predicted octanol–water partition coefficient (Wildman–Crippen LogP) is 0.503. The van der Waals surface area contributed by atoms with Gasteiger partial charge in [0.25, 0.3) is 0 Å². The van der Waals surface area contributed by atoms with Crippen LogP contribution in [0.25, 0.3) is 0 Å². The summed E-state index contributed by atoms with van der Waals surface area (Å²) in [4.78, 5) is 25.7. The molecular weight excluding hydrogens is 242 g/mol. The molecule has 1 aliphatic carbocycles. The molecule has 0 radical (unpaired) electrons. The highest BCUT2D eigenvalue weighted by atomic mass is 16.2. The van der Waals surface area contributed by atoms with Crippen LogP contribution in [0.3, 0.4) is 0 Å². The van der Waals surface area contributed by atoms with E-state index < -0.39 is 5.91 Å². The third kappa shape index (κ3) is 3.93. The quantitative estimate of drug-likeness (QED) is 0.680. The average molecular weight is 267 g/mol. The van der Waals surface area contributed by atoms with Crippen molar-refractivity contribution in [3.8, 4) is 0 Å². The second-order valence-corrected chi connectivity index (χ2v) is 6.47. The molecule has 19 heavy (non-hydrogen) atoms. The van der Waals surface area contributed by atoms with Crippen LogP contribution in [0.5, 0.6) is 0 Å². The minimum atomic E-state index is -0.426. The molecule has 1 heterocycles. The van der Waals surface area contributed by atoms with Crippen molar-refractivity contribution < 1.29 is 9.59 Å². The van der Waals surface area contributed by atoms with E-state index in [-0.39, 0.29) is 17.4 Å². The average Bonchev–Trinajstić information content (AvgIpc) is 2.37. The first-order chi connectivity index (χ1) is 8.98. The van der Waals surface area contributed by atoms with E-state index in [1.165, 1.54) is 6.42 Å². The standard InChI is InChI=1S/C14H25N3O2/c1-14(2)5-3-4-11(10-14)16-12(18)13(19)17-8-6-15-7-9-17/h11,15H,3-10H2,1-2H3,(H,16,18). The van der Waals surface area contributed by atoms with Crippen molar-refractivity contribution in [2.75, 3.05) is 26.2 Å². The van der Waals surface area contributed by atoms with Crippen molar-refractivity contribution in [2.45, 2.75) is 45.6 Å². The molecule has 0 bridgehead atoms. The van der Waals surface area contributed by atoms with Gasteiger partial charge in [-0.25, -0.2) is 0 Å². The van der Waals surface area contributed by atoms with E-state index in [0.29, 0.717) is 13.1 Å². The van der Waals surface area contributed by atoms with Gasteiger partial charge in [-0.1, -0.05) is 20.3 Å². The Balaban J connectivity index is 1.84. The minimum absolute atomic E-state index is 0.156. The molecule has 0 aromatic carbocycles. The van der Waals surface area contributed by atoms with Gasteiger partial charge >= 0.3 is 11.8 Å². The van der Waals surface area contributed by atoms with Crippen LogP contribution in [-0.2, 0) is 9.59 Å². The van der Waals surface area contributed by atoms with E-state index in [2.05, 4.69) is 24.5 Å². The third-order valence-corrected chi connectivity index (χ3v) is 4.14. The first-order valence-corrected chi connectivity index (χ1v) is 7.28. The Morgan fingerprint density at radius 1 is 1.26 bits per heavy atom. The lowest BCUT2D eigenvalue weighted by Crippen LogP contribution is -2.53. The van der Waals surface area contributed by atoms with Crippen LogP contribution in [0.1, 0.15) is 39.5 Å². The Hall–Kier alpha value is -1.10. The Morgan fingerprint density at radius 3 is 2.58 bits per heavy atom. The number of nitrogens with one attached hydrogen (secondary N) is 2. The fourth-order valence-electron chi connectivity index (χ4n) is 3.08. The summed E-state index contributed by atoms with van der Waals surface area (Å²) in [6, 6.07) is 0.156. The molecule has 5 heteroatoms. The zero-order valence-corrected chi connectivity index (χ0v) is 12.0. The second kappa shape index (κ2) is 5.90. The summed E-state index contributed by atoms with van der Waals surface area (Å²) < 4.78 is 0. The topological polar surface area (TPSA) is 61.4 Å². The van der Waals surface area contributed by atoms with Gasteiger partial charge in [-0.15, -0.1) is 0 Å². The molecule has 0 aromatic heterocycles. The highest BCUT2D eigenvalue weighted by Crippen LogP contribution is 2.35. The minimum Gasteiger partial charge on any atom is -0.345 e. The molecule has 1 aliphatic heterocycles. The maximum Gasteiger partial charge on any atom is 0.311 e. The van der Waals surface area contributed by atoms with Crippen LogP contribution in [0.2, 0.25) is 0 Å². The molecule has 2 rings (SSSR count). The largest absolute Gasteiger partial charge is 0.345 e. The van der Waals surface area contributed by atoms with Gasteiger partial charge < -0.3 is 15.5 Å². The molecule has 2 N–H and O–H groups in total. The van der Waals surface area contributed by atoms with Crippen LogP contribution in [0.15, 0.2) is 0 Å². The predicted molar refractivity (Wildman–Crippen MR) is 73.6 cm³/mol. The summed E-state index contributed by atoms with van der Waals surface area (Å²) in [5.74, 6) is -0.797. The Morgan fingerprint density at radius 2 is 1.95 bits per heavy atom. The number of rotatable bonds is 1. The van der Waals surface area contributed by atoms with Gasteiger partial charge in [-0.2, -0.15) is 0 Å². The van der Waals surface area contributed by atoms with Gasteiger partial charge in [0.15, 0.2) is 0 Å². The smallest absolute Gasteiger partial charge is 0.311 e. The van der Waals surface area contributed by atoms with Gasteiger partial charge in [-0.3, -0.25) is 9.59 Å². The first kappa shape index (κ1) is 14.3. The van der Waals surface area contributed by atoms with E-state index in [1.54, 1.807) is 4.90 Å². The fourth-order valence-corrected chi connectivity index (χ4v) is 3.08. The number of nitrogens with zero attached hydrogens (tertiary/aromatic N) is 1. The molecule has 108 valence electrons. The maximum atomic E-state index is 12.0. The van der Waals surface area contributed by atoms with Crippen LogP contribution in [0, 0.1) is 5.41 Å². The van der Waals surface area contributed by atoms with Gasteiger partial charge in [0.1, 0.15) is 0 Å². The van der Waals surface area contributed by atoms with E-state index in [9.17, 15) is 9.59 Å². The number of hydrogen-bond donors (Lipinski definition) is 2. The third-order valence-electron chi connectivity index (χ3n) is 4.14. The van der Waals surface area contributed by atoms with Crippen molar-refractivity contribution in [1.29, 1.82) is 0 Å². The van der Waals surface area contributed by atoms with E-state index in [0.717, 1.165) is 32.4 Å². The monoisotopic (exact) mass is 267 g/mol. The van der Waals surface area contributed by atoms with Crippen molar-refractivity contribution in [1.82, 2.24) is 15.5 Å². The SMILES string of the molecule is CC1(C)CCCC(NC(=O)C(=O)N2CCNCC2)C1. The van der Waals surface area contributed by atoms with Crippen LogP contribution in [0.4, 0.5) is 0 Å². The van der Waals surface area contributed by atoms with Crippen molar-refractivity contribution in [2.24, 2.45) is 5.41 Å². The Kier molecular flexibility index (Phi) is 4.45. The molecule has 1 saturated carbocycles. The van der Waals surface area contributed by atoms with E-state index >= 15 is 0 Å². The lowest BCUT2D eigenvalue weighted by Gasteiger charge is -2.36. The number of hydrogen-bond acceptors (Lipinski definition) is 3. The Bertz CT molecular complexity index is 349. The van der Waals surface area contributed by atoms with Gasteiger partial charge in [0.05, 0.1) is 0 Å². The molecular formula is C14H25N3O2. The molecule has 1 unspecified atom stereocenters. The first-order valence-electron chi connectivity index (χ1n) is 7.28. The van der Waals surface area contributed by atoms with Crippen molar-refractivity contribution >= 4 is 11.8 Å². The van der Waals surface area contributed by atoms with Crippen molar-refractivity contribution in [3.05, 3.63) is 0 Å². The van der Waals surface area contributed by atoms with Crippen LogP contribution >= 0.6 is 0 Å². The number of carbonyl (C=O) groups excluding carboxylic acids is 2. The van der Waals surface area contributed by atoms with Crippen LogP contribution in [-0.4, -0.2) is 48.9 Å². The highest BCUT2D eigenvalue weighted by molar-refractivity contribution is 6.35. The lowest BCUT2D eigenvalue weighted by molar-refractivity contribution is -0.146. The van der Waals surface area contributed by atoms with Crippen molar-refractivity contribution in [3.63, 3.8) is 0 Å². The summed E-state index contributed by atoms with van der Waals surface area (Å²) in [6.45, 7) is 7.25. The molecule has 2 amide bonds. The van der Waals surface area contributed by atoms with Gasteiger partial charge in [0.2, 0.25) is 0 Å². The van der Waals surface area contributed by atoms with Gasteiger partial charge in [-0.05, 0) is 24.7 Å². The summed E-state index contributed by atoms with van der Waals surface area (Å²) in [7, 11) is 0. The summed E-state index contributed by atoms with van der Waals surface area (Å²) >= 11 is 0. The molecule has 0 spiro atoms. The molecule has 2 fully saturated rings. The second-order valence-electron chi connectivity index (χ2n) is 6.47. The van der Waals surface area contributed by atoms with Gasteiger partial charge in [0, 0.05) is 32.2 Å². The van der Waals surface area contributed by atoms with E-state index in [1.807, 2.05) is 0 Å². The zero-order valence-electron chi connectivity index (χ0n) is 12.0. The number of piperazine rings is 1. The summed E-state index contributed by atoms with van der Waals surface area (Å²) in [5, 5.41) is 6.10. The zero-order chi connectivity index (χ0) is 13.9. The normalized spacial score (nSPS) is 26.8. The molecule has 1 saturated heterocycles. The summed E-state index contributed by atoms with van der Waals surface area (Å²) in [5.41, 5.74) is 0.272. The molecule has 0 aromatic rings. The molecule has 2 aliphatic rings. The molecule has 1 atom stereocenters. The number of amides is 2. The fraction of sp³-hybridized carbons (Fsp3) is 0.857. The lowest BCUT2D eigenvalue weighted by atomic mass is 9.75. The molecule has 5 nitrogen and oxygen atoms in total. The maximum absolute atomic E-state index is 12.0. The highest BCUT2D eigenvalue weighted by Gasteiger charge is 2.31. The Labute approximate surface area is 115 Å². The number of carbonyl (C=O) groups is 2. The summed E-state index contributed by atoms with van der Waals surface area (Å²) in [6.07, 6.45) is 4.28. The van der Waals surface area contributed by atoms with Crippen LogP contribution < -0.4 is 10.6 Å².